The predicted molar refractivity (Wildman–Crippen MR) is 99.0 cm³/mol. The number of pyridine rings is 1. The van der Waals surface area contributed by atoms with Crippen molar-refractivity contribution in [1.82, 2.24) is 9.88 Å². The van der Waals surface area contributed by atoms with Gasteiger partial charge in [0.25, 0.3) is 0 Å². The van der Waals surface area contributed by atoms with Crippen LogP contribution in [0.2, 0.25) is 0 Å². The van der Waals surface area contributed by atoms with Crippen molar-refractivity contribution in [1.29, 1.82) is 0 Å². The standard InChI is InChI=1S/C20H25N3O2/c1-3-5-19(24)22-18-8-6-16(7-9-18)14-20(25)23(4-2)15-17-10-12-21-13-11-17/h6-13H,3-5,14-15H2,1-2H3,(H,22,24). The first-order valence-corrected chi connectivity index (χ1v) is 8.67. The second-order valence-electron chi connectivity index (χ2n) is 5.94. The molecule has 0 unspecified atom stereocenters. The van der Waals surface area contributed by atoms with Gasteiger partial charge in [0.1, 0.15) is 0 Å². The number of benzene rings is 1. The molecule has 2 rings (SSSR count). The van der Waals surface area contributed by atoms with Crippen molar-refractivity contribution in [2.45, 2.75) is 39.7 Å². The third kappa shape index (κ3) is 6.03. The Kier molecular flexibility index (Phi) is 7.14. The zero-order valence-corrected chi connectivity index (χ0v) is 14.9. The quantitative estimate of drug-likeness (QED) is 0.801. The van der Waals surface area contributed by atoms with Crippen LogP contribution in [0.3, 0.4) is 0 Å². The molecule has 5 heteroatoms. The van der Waals surface area contributed by atoms with Gasteiger partial charge < -0.3 is 10.2 Å². The van der Waals surface area contributed by atoms with E-state index in [2.05, 4.69) is 10.3 Å². The molecule has 0 aliphatic carbocycles. The molecule has 1 heterocycles. The van der Waals surface area contributed by atoms with Crippen molar-refractivity contribution < 1.29 is 9.59 Å². The minimum absolute atomic E-state index is 0.0147. The number of likely N-dealkylation sites (N-methyl/N-ethyl adjacent to an activating group) is 1. The van der Waals surface area contributed by atoms with Gasteiger partial charge in [-0.3, -0.25) is 14.6 Å². The van der Waals surface area contributed by atoms with E-state index >= 15 is 0 Å². The molecule has 0 radical (unpaired) electrons. The Hall–Kier alpha value is -2.69. The molecule has 0 atom stereocenters. The van der Waals surface area contributed by atoms with Crippen molar-refractivity contribution in [2.24, 2.45) is 0 Å². The highest BCUT2D eigenvalue weighted by atomic mass is 16.2. The second kappa shape index (κ2) is 9.57. The number of rotatable bonds is 8. The third-order valence-electron chi connectivity index (χ3n) is 3.93. The van der Waals surface area contributed by atoms with Crippen LogP contribution >= 0.6 is 0 Å². The van der Waals surface area contributed by atoms with E-state index in [9.17, 15) is 9.59 Å². The van der Waals surface area contributed by atoms with Crippen molar-refractivity contribution >= 4 is 17.5 Å². The van der Waals surface area contributed by atoms with Gasteiger partial charge in [0.2, 0.25) is 11.8 Å². The highest BCUT2D eigenvalue weighted by Gasteiger charge is 2.13. The van der Waals surface area contributed by atoms with Crippen LogP contribution in [0.5, 0.6) is 0 Å². The summed E-state index contributed by atoms with van der Waals surface area (Å²) >= 11 is 0. The monoisotopic (exact) mass is 339 g/mol. The molecule has 0 spiro atoms. The third-order valence-corrected chi connectivity index (χ3v) is 3.93. The number of amides is 2. The SMILES string of the molecule is CCCC(=O)Nc1ccc(CC(=O)N(CC)Cc2ccncc2)cc1. The molecule has 0 aliphatic heterocycles. The summed E-state index contributed by atoms with van der Waals surface area (Å²) in [5.74, 6) is 0.0999. The fourth-order valence-corrected chi connectivity index (χ4v) is 2.53. The largest absolute Gasteiger partial charge is 0.338 e. The minimum atomic E-state index is 0.0147. The van der Waals surface area contributed by atoms with Gasteiger partial charge in [-0.1, -0.05) is 19.1 Å². The van der Waals surface area contributed by atoms with Crippen molar-refractivity contribution in [3.63, 3.8) is 0 Å². The van der Waals surface area contributed by atoms with Gasteiger partial charge in [-0.15, -0.1) is 0 Å². The van der Waals surface area contributed by atoms with E-state index in [0.717, 1.165) is 23.2 Å². The molecule has 0 saturated carbocycles. The summed E-state index contributed by atoms with van der Waals surface area (Å²) in [6.45, 7) is 5.19. The molecule has 5 nitrogen and oxygen atoms in total. The smallest absolute Gasteiger partial charge is 0.227 e. The fraction of sp³-hybridized carbons (Fsp3) is 0.350. The minimum Gasteiger partial charge on any atom is -0.338 e. The molecule has 2 amide bonds. The average molecular weight is 339 g/mol. The summed E-state index contributed by atoms with van der Waals surface area (Å²) in [5, 5.41) is 2.85. The first-order valence-electron chi connectivity index (χ1n) is 8.67. The van der Waals surface area contributed by atoms with Crippen LogP contribution < -0.4 is 5.32 Å². The van der Waals surface area contributed by atoms with Gasteiger partial charge in [-0.25, -0.2) is 0 Å². The summed E-state index contributed by atoms with van der Waals surface area (Å²) in [6, 6.07) is 11.3. The van der Waals surface area contributed by atoms with Crippen LogP contribution in [0.15, 0.2) is 48.8 Å². The van der Waals surface area contributed by atoms with Gasteiger partial charge in [0.05, 0.1) is 6.42 Å². The zero-order valence-electron chi connectivity index (χ0n) is 14.9. The molecule has 0 fully saturated rings. The normalized spacial score (nSPS) is 10.3. The second-order valence-corrected chi connectivity index (χ2v) is 5.94. The molecular formula is C20H25N3O2. The highest BCUT2D eigenvalue weighted by Crippen LogP contribution is 2.13. The number of hydrogen-bond acceptors (Lipinski definition) is 3. The zero-order chi connectivity index (χ0) is 18.1. The average Bonchev–Trinajstić information content (AvgIpc) is 2.62. The summed E-state index contributed by atoms with van der Waals surface area (Å²) in [4.78, 5) is 30.0. The number of hydrogen-bond donors (Lipinski definition) is 1. The molecule has 2 aromatic rings. The van der Waals surface area contributed by atoms with E-state index in [1.165, 1.54) is 0 Å². The Morgan fingerprint density at radius 3 is 2.28 bits per heavy atom. The number of carbonyl (C=O) groups is 2. The van der Waals surface area contributed by atoms with E-state index in [4.69, 9.17) is 0 Å². The van der Waals surface area contributed by atoms with Crippen molar-refractivity contribution in [3.05, 3.63) is 59.9 Å². The number of nitrogens with zero attached hydrogens (tertiary/aromatic N) is 2. The van der Waals surface area contributed by atoms with Gasteiger partial charge in [-0.05, 0) is 48.7 Å². The number of anilines is 1. The molecule has 1 aromatic carbocycles. The van der Waals surface area contributed by atoms with E-state index in [1.807, 2.05) is 55.1 Å². The number of aromatic nitrogens is 1. The van der Waals surface area contributed by atoms with E-state index in [1.54, 1.807) is 12.4 Å². The van der Waals surface area contributed by atoms with Crippen LogP contribution in [0.4, 0.5) is 5.69 Å². The van der Waals surface area contributed by atoms with Crippen molar-refractivity contribution in [3.8, 4) is 0 Å². The van der Waals surface area contributed by atoms with Crippen LogP contribution in [-0.2, 0) is 22.6 Å². The van der Waals surface area contributed by atoms with E-state index in [0.29, 0.717) is 25.9 Å². The van der Waals surface area contributed by atoms with Crippen LogP contribution in [0, 0.1) is 0 Å². The Balaban J connectivity index is 1.93. The maximum Gasteiger partial charge on any atom is 0.227 e. The first-order chi connectivity index (χ1) is 12.1. The van der Waals surface area contributed by atoms with Crippen LogP contribution in [-0.4, -0.2) is 28.2 Å². The van der Waals surface area contributed by atoms with Crippen molar-refractivity contribution in [2.75, 3.05) is 11.9 Å². The lowest BCUT2D eigenvalue weighted by molar-refractivity contribution is -0.130. The summed E-state index contributed by atoms with van der Waals surface area (Å²) in [6.07, 6.45) is 5.16. The van der Waals surface area contributed by atoms with Gasteiger partial charge in [-0.2, -0.15) is 0 Å². The molecule has 1 aromatic heterocycles. The lowest BCUT2D eigenvalue weighted by Crippen LogP contribution is -2.31. The number of nitrogens with one attached hydrogen (secondary N) is 1. The first kappa shape index (κ1) is 18.6. The lowest BCUT2D eigenvalue weighted by atomic mass is 10.1. The highest BCUT2D eigenvalue weighted by molar-refractivity contribution is 5.90. The summed E-state index contributed by atoms with van der Waals surface area (Å²) in [5.41, 5.74) is 2.77. The van der Waals surface area contributed by atoms with Crippen LogP contribution in [0.1, 0.15) is 37.8 Å². The molecule has 0 saturated heterocycles. The van der Waals surface area contributed by atoms with E-state index < -0.39 is 0 Å². The molecule has 1 N–H and O–H groups in total. The Morgan fingerprint density at radius 2 is 1.68 bits per heavy atom. The predicted octanol–water partition coefficient (Wildman–Crippen LogP) is 3.41. The maximum absolute atomic E-state index is 12.5. The van der Waals surface area contributed by atoms with Gasteiger partial charge in [0.15, 0.2) is 0 Å². The Morgan fingerprint density at radius 1 is 1.00 bits per heavy atom. The maximum atomic E-state index is 12.5. The van der Waals surface area contributed by atoms with Gasteiger partial charge in [0, 0.05) is 37.6 Å². The molecule has 132 valence electrons. The molecule has 0 bridgehead atoms. The van der Waals surface area contributed by atoms with E-state index in [-0.39, 0.29) is 11.8 Å². The molecular weight excluding hydrogens is 314 g/mol. The topological polar surface area (TPSA) is 62.3 Å². The molecule has 25 heavy (non-hydrogen) atoms. The van der Waals surface area contributed by atoms with Gasteiger partial charge >= 0.3 is 0 Å². The Bertz CT molecular complexity index is 684. The van der Waals surface area contributed by atoms with Crippen LogP contribution in [0.25, 0.3) is 0 Å². The lowest BCUT2D eigenvalue weighted by Gasteiger charge is -2.21. The fourth-order valence-electron chi connectivity index (χ4n) is 2.53. The summed E-state index contributed by atoms with van der Waals surface area (Å²) in [7, 11) is 0. The molecule has 0 aliphatic rings. The number of carbonyl (C=O) groups excluding carboxylic acids is 2. The Labute approximate surface area is 149 Å². The summed E-state index contributed by atoms with van der Waals surface area (Å²) < 4.78 is 0.